The molecule has 552 valence electrons. The summed E-state index contributed by atoms with van der Waals surface area (Å²) in [6.45, 7) is 7.18. The predicted molar refractivity (Wildman–Crippen MR) is 377 cm³/mol. The molecule has 0 aliphatic rings. The van der Waals surface area contributed by atoms with Gasteiger partial charge in [0, 0.05) is 25.7 Å². The second kappa shape index (κ2) is 67.3. The van der Waals surface area contributed by atoms with Gasteiger partial charge in [0.05, 0.1) is 26.4 Å². The summed E-state index contributed by atoms with van der Waals surface area (Å²) in [4.78, 5) is 72.6. The van der Waals surface area contributed by atoms with Gasteiger partial charge >= 0.3 is 39.5 Å². The summed E-state index contributed by atoms with van der Waals surface area (Å²) >= 11 is 0. The monoisotopic (exact) mass is 1370 g/mol. The van der Waals surface area contributed by atoms with Crippen molar-refractivity contribution in [1.82, 2.24) is 0 Å². The van der Waals surface area contributed by atoms with Crippen LogP contribution >= 0.6 is 15.6 Å². The van der Waals surface area contributed by atoms with Gasteiger partial charge in [-0.05, 0) is 31.6 Å². The van der Waals surface area contributed by atoms with Crippen molar-refractivity contribution in [2.75, 3.05) is 39.6 Å². The van der Waals surface area contributed by atoms with Crippen LogP contribution in [-0.2, 0) is 65.4 Å². The molecule has 0 aromatic carbocycles. The van der Waals surface area contributed by atoms with Crippen LogP contribution < -0.4 is 0 Å². The Balaban J connectivity index is 5.16. The number of carbonyl (C=O) groups excluding carboxylic acids is 4. The van der Waals surface area contributed by atoms with E-state index in [0.717, 1.165) is 96.3 Å². The van der Waals surface area contributed by atoms with Crippen molar-refractivity contribution < 1.29 is 80.2 Å². The number of hydrogen-bond donors (Lipinski definition) is 3. The van der Waals surface area contributed by atoms with Crippen LogP contribution in [0.3, 0.4) is 0 Å². The van der Waals surface area contributed by atoms with Crippen LogP contribution in [0.25, 0.3) is 0 Å². The number of carbonyl (C=O) groups is 4. The van der Waals surface area contributed by atoms with Crippen LogP contribution in [0.1, 0.15) is 388 Å². The first-order chi connectivity index (χ1) is 45.0. The van der Waals surface area contributed by atoms with Crippen molar-refractivity contribution >= 4 is 39.5 Å². The Morgan fingerprint density at radius 2 is 0.495 bits per heavy atom. The predicted octanol–water partition coefficient (Wildman–Crippen LogP) is 21.7. The van der Waals surface area contributed by atoms with Crippen LogP contribution in [0.5, 0.6) is 0 Å². The van der Waals surface area contributed by atoms with E-state index in [0.29, 0.717) is 31.6 Å². The Hall–Kier alpha value is -1.94. The Bertz CT molecular complexity index is 1790. The molecule has 0 aliphatic carbocycles. The van der Waals surface area contributed by atoms with E-state index in [-0.39, 0.29) is 25.7 Å². The van der Waals surface area contributed by atoms with Gasteiger partial charge in [0.25, 0.3) is 0 Å². The normalized spacial score (nSPS) is 14.0. The van der Waals surface area contributed by atoms with Gasteiger partial charge in [-0.1, -0.05) is 336 Å². The molecule has 3 N–H and O–H groups in total. The van der Waals surface area contributed by atoms with E-state index < -0.39 is 97.5 Å². The van der Waals surface area contributed by atoms with Crippen molar-refractivity contribution in [3.63, 3.8) is 0 Å². The molecule has 0 aromatic rings. The fourth-order valence-corrected chi connectivity index (χ4v) is 12.9. The molecule has 5 atom stereocenters. The third kappa shape index (κ3) is 68.4. The van der Waals surface area contributed by atoms with Gasteiger partial charge < -0.3 is 33.8 Å². The summed E-state index contributed by atoms with van der Waals surface area (Å²) in [6, 6.07) is 0. The third-order valence-electron chi connectivity index (χ3n) is 17.3. The van der Waals surface area contributed by atoms with Crippen LogP contribution in [0, 0.1) is 5.92 Å². The second-order valence-corrected chi connectivity index (χ2v) is 30.1. The Labute approximate surface area is 568 Å². The number of ether oxygens (including phenoxy) is 4. The Morgan fingerprint density at radius 3 is 0.731 bits per heavy atom. The average molecular weight is 1370 g/mol. The molecule has 0 fully saturated rings. The molecule has 0 radical (unpaired) electrons. The van der Waals surface area contributed by atoms with Crippen molar-refractivity contribution in [2.45, 2.75) is 406 Å². The highest BCUT2D eigenvalue weighted by Gasteiger charge is 2.30. The molecule has 2 unspecified atom stereocenters. The van der Waals surface area contributed by atoms with E-state index in [1.54, 1.807) is 0 Å². The van der Waals surface area contributed by atoms with E-state index in [9.17, 15) is 43.2 Å². The van der Waals surface area contributed by atoms with Crippen LogP contribution in [0.15, 0.2) is 0 Å². The molecule has 0 bridgehead atoms. The zero-order valence-corrected chi connectivity index (χ0v) is 62.2. The maximum atomic E-state index is 13.1. The number of phosphoric acid groups is 2. The summed E-state index contributed by atoms with van der Waals surface area (Å²) < 4.78 is 68.3. The Kier molecular flexibility index (Phi) is 65.9. The highest BCUT2D eigenvalue weighted by Crippen LogP contribution is 2.45. The molecule has 0 spiro atoms. The van der Waals surface area contributed by atoms with Crippen molar-refractivity contribution in [3.05, 3.63) is 0 Å². The van der Waals surface area contributed by atoms with E-state index in [2.05, 4.69) is 34.6 Å². The zero-order valence-electron chi connectivity index (χ0n) is 60.4. The largest absolute Gasteiger partial charge is 0.472 e. The minimum Gasteiger partial charge on any atom is -0.462 e. The van der Waals surface area contributed by atoms with Gasteiger partial charge in [0.15, 0.2) is 12.2 Å². The molecular weight excluding hydrogens is 1220 g/mol. The molecule has 19 heteroatoms. The average Bonchev–Trinajstić information content (AvgIpc) is 3.45. The van der Waals surface area contributed by atoms with Crippen LogP contribution in [-0.4, -0.2) is 96.7 Å². The van der Waals surface area contributed by atoms with Crippen molar-refractivity contribution in [2.24, 2.45) is 5.92 Å². The standard InChI is InChI=1S/C74H144O17P2/c1-6-9-12-15-18-21-23-25-27-28-29-30-31-32-33-35-37-39-44-49-54-59-73(78)90-69(64-85-72(77)58-53-48-43-38-36-34-26-24-22-19-16-13-10-7-2)65-88-92(80,81)86-61-68(75)62-87-93(82,83)89-66-70(63-84-71(76)57-52-47-42-20-17-14-11-8-3)91-74(79)60-55-50-45-40-41-46-51-56-67(4)5/h67-70,75H,6-66H2,1-5H3,(H,80,81)(H,82,83)/t68-,69-,70-/m1/s1. The van der Waals surface area contributed by atoms with Crippen molar-refractivity contribution in [3.8, 4) is 0 Å². The number of phosphoric ester groups is 2. The molecule has 93 heavy (non-hydrogen) atoms. The van der Waals surface area contributed by atoms with Gasteiger partial charge in [-0.25, -0.2) is 9.13 Å². The van der Waals surface area contributed by atoms with Crippen LogP contribution in [0.2, 0.25) is 0 Å². The number of aliphatic hydroxyl groups is 1. The maximum Gasteiger partial charge on any atom is 0.472 e. The lowest BCUT2D eigenvalue weighted by molar-refractivity contribution is -0.161. The topological polar surface area (TPSA) is 237 Å². The molecule has 0 aliphatic heterocycles. The lowest BCUT2D eigenvalue weighted by Gasteiger charge is -2.21. The zero-order chi connectivity index (χ0) is 68.4. The fourth-order valence-electron chi connectivity index (χ4n) is 11.4. The van der Waals surface area contributed by atoms with Gasteiger partial charge in [-0.3, -0.25) is 37.3 Å². The summed E-state index contributed by atoms with van der Waals surface area (Å²) in [7, 11) is -9.90. The molecule has 0 aromatic heterocycles. The summed E-state index contributed by atoms with van der Waals surface area (Å²) in [6.07, 6.45) is 55.8. The number of hydrogen-bond acceptors (Lipinski definition) is 15. The molecule has 0 rings (SSSR count). The van der Waals surface area contributed by atoms with E-state index >= 15 is 0 Å². The highest BCUT2D eigenvalue weighted by molar-refractivity contribution is 7.47. The lowest BCUT2D eigenvalue weighted by atomic mass is 10.0. The smallest absolute Gasteiger partial charge is 0.462 e. The molecular formula is C74H144O17P2. The quantitative estimate of drug-likeness (QED) is 0.0222. The number of rotatable bonds is 74. The second-order valence-electron chi connectivity index (χ2n) is 27.2. The van der Waals surface area contributed by atoms with E-state index in [1.165, 1.54) is 205 Å². The van der Waals surface area contributed by atoms with Gasteiger partial charge in [-0.15, -0.1) is 0 Å². The SMILES string of the molecule is CCCCCCCCCCCCCCCCCCCCCCCC(=O)O[C@H](COC(=O)CCCCCCCCCCCCCCCC)COP(=O)(O)OC[C@@H](O)COP(=O)(O)OC[C@@H](COC(=O)CCCCCCCCCC)OC(=O)CCCCCCCCCC(C)C. The Morgan fingerprint density at radius 1 is 0.290 bits per heavy atom. The van der Waals surface area contributed by atoms with Gasteiger partial charge in [-0.2, -0.15) is 0 Å². The number of esters is 4. The lowest BCUT2D eigenvalue weighted by Crippen LogP contribution is -2.30. The minimum atomic E-state index is -4.95. The summed E-state index contributed by atoms with van der Waals surface area (Å²) in [5.74, 6) is -1.43. The molecule has 0 saturated carbocycles. The third-order valence-corrected chi connectivity index (χ3v) is 19.2. The van der Waals surface area contributed by atoms with Gasteiger partial charge in [0.1, 0.15) is 19.3 Å². The first-order valence-electron chi connectivity index (χ1n) is 38.6. The summed E-state index contributed by atoms with van der Waals surface area (Å²) in [5, 5.41) is 10.6. The first kappa shape index (κ1) is 91.1. The van der Waals surface area contributed by atoms with Crippen molar-refractivity contribution in [1.29, 1.82) is 0 Å². The molecule has 0 saturated heterocycles. The molecule has 17 nitrogen and oxygen atoms in total. The number of aliphatic hydroxyl groups excluding tert-OH is 1. The molecule has 0 amide bonds. The van der Waals surface area contributed by atoms with E-state index in [1.807, 2.05) is 0 Å². The van der Waals surface area contributed by atoms with Crippen LogP contribution in [0.4, 0.5) is 0 Å². The van der Waals surface area contributed by atoms with Gasteiger partial charge in [0.2, 0.25) is 0 Å². The van der Waals surface area contributed by atoms with E-state index in [4.69, 9.17) is 37.0 Å². The summed E-state index contributed by atoms with van der Waals surface area (Å²) in [5.41, 5.74) is 0. The first-order valence-corrected chi connectivity index (χ1v) is 41.6. The minimum absolute atomic E-state index is 0.104. The highest BCUT2D eigenvalue weighted by atomic mass is 31.2. The number of unbranched alkanes of at least 4 members (excludes halogenated alkanes) is 46. The maximum absolute atomic E-state index is 13.1. The molecule has 0 heterocycles. The fraction of sp³-hybridized carbons (Fsp3) is 0.946.